The highest BCUT2D eigenvalue weighted by atomic mass is 16.4. The topological polar surface area (TPSA) is 69.2 Å². The summed E-state index contributed by atoms with van der Waals surface area (Å²) in [6, 6.07) is 36.9. The van der Waals surface area contributed by atoms with Gasteiger partial charge in [-0.1, -0.05) is 72.8 Å². The van der Waals surface area contributed by atoms with Crippen molar-refractivity contribution in [1.29, 1.82) is 0 Å². The lowest BCUT2D eigenvalue weighted by atomic mass is 9.97. The first-order valence-electron chi connectivity index (χ1n) is 14.9. The summed E-state index contributed by atoms with van der Waals surface area (Å²) in [6.07, 6.45) is 2.80. The summed E-state index contributed by atoms with van der Waals surface area (Å²) in [5, 5.41) is 11.6. The van der Waals surface area contributed by atoms with Gasteiger partial charge in [0.2, 0.25) is 0 Å². The predicted molar refractivity (Wildman–Crippen MR) is 174 cm³/mol. The molecule has 6 nitrogen and oxygen atoms in total. The Hall–Kier alpha value is -4.94. The van der Waals surface area contributed by atoms with Gasteiger partial charge in [-0.3, -0.25) is 0 Å². The van der Waals surface area contributed by atoms with Crippen molar-refractivity contribution < 1.29 is 14.4 Å². The average Bonchev–Trinajstić information content (AvgIpc) is 3.40. The van der Waals surface area contributed by atoms with E-state index in [9.17, 15) is 9.90 Å². The number of anilines is 1. The minimum absolute atomic E-state index is 0.180. The van der Waals surface area contributed by atoms with Crippen molar-refractivity contribution >= 4 is 33.6 Å². The van der Waals surface area contributed by atoms with Crippen LogP contribution in [0.2, 0.25) is 0 Å². The van der Waals surface area contributed by atoms with Crippen LogP contribution in [0.15, 0.2) is 109 Å². The summed E-state index contributed by atoms with van der Waals surface area (Å²) in [7, 11) is 2.04. The number of aliphatic carboxylic acids is 1. The van der Waals surface area contributed by atoms with Gasteiger partial charge in [0.25, 0.3) is 0 Å². The molecule has 0 saturated carbocycles. The van der Waals surface area contributed by atoms with Gasteiger partial charge in [0, 0.05) is 28.2 Å². The van der Waals surface area contributed by atoms with Gasteiger partial charge >= 0.3 is 5.97 Å². The Morgan fingerprint density at radius 1 is 0.837 bits per heavy atom. The van der Waals surface area contributed by atoms with Gasteiger partial charge in [-0.15, -0.1) is 0 Å². The van der Waals surface area contributed by atoms with Gasteiger partial charge in [-0.25, -0.2) is 9.78 Å². The number of rotatable bonds is 7. The van der Waals surface area contributed by atoms with Crippen LogP contribution in [0.5, 0.6) is 0 Å². The number of pyridine rings is 1. The molecular formula is C37H35N4O2+. The molecule has 0 atom stereocenters. The number of hydrogen-bond donors (Lipinski definition) is 2. The van der Waals surface area contributed by atoms with Crippen LogP contribution in [-0.4, -0.2) is 65.3 Å². The molecule has 0 aliphatic carbocycles. The monoisotopic (exact) mass is 567 g/mol. The van der Waals surface area contributed by atoms with E-state index in [0.717, 1.165) is 54.7 Å². The Bertz CT molecular complexity index is 1900. The van der Waals surface area contributed by atoms with Crippen molar-refractivity contribution in [1.82, 2.24) is 9.97 Å². The zero-order valence-corrected chi connectivity index (χ0v) is 24.3. The lowest BCUT2D eigenvalue weighted by Gasteiger charge is -2.41. The number of H-pyrrole nitrogens is 1. The number of carbonyl (C=O) groups is 1. The molecule has 0 radical (unpaired) electrons. The van der Waals surface area contributed by atoms with E-state index in [1.165, 1.54) is 38.9 Å². The first-order chi connectivity index (χ1) is 20.9. The largest absolute Gasteiger partial charge is 0.477 e. The second-order valence-electron chi connectivity index (χ2n) is 12.0. The number of carboxylic acid groups (broad SMARTS) is 1. The molecule has 0 bridgehead atoms. The van der Waals surface area contributed by atoms with Crippen LogP contribution in [0.3, 0.4) is 0 Å². The van der Waals surface area contributed by atoms with E-state index < -0.39 is 5.97 Å². The van der Waals surface area contributed by atoms with Crippen LogP contribution in [0.4, 0.5) is 5.69 Å². The molecule has 0 spiro atoms. The summed E-state index contributed by atoms with van der Waals surface area (Å²) in [5.74, 6) is -0.730. The molecule has 2 N–H and O–H groups in total. The molecule has 6 heteroatoms. The maximum atomic E-state index is 11.3. The number of piperazine rings is 1. The molecule has 2 aromatic heterocycles. The summed E-state index contributed by atoms with van der Waals surface area (Å²) < 4.78 is 0.587. The minimum atomic E-state index is -0.730. The third-order valence-electron chi connectivity index (χ3n) is 8.91. The van der Waals surface area contributed by atoms with E-state index in [0.29, 0.717) is 4.48 Å². The van der Waals surface area contributed by atoms with Gasteiger partial charge in [0.15, 0.2) is 6.54 Å². The lowest BCUT2D eigenvalue weighted by molar-refractivity contribution is -0.903. The second-order valence-corrected chi connectivity index (χ2v) is 12.0. The van der Waals surface area contributed by atoms with E-state index in [1.54, 1.807) is 0 Å². The molecule has 4 aromatic carbocycles. The zero-order chi connectivity index (χ0) is 29.4. The van der Waals surface area contributed by atoms with Crippen molar-refractivity contribution in [3.8, 4) is 22.3 Å². The van der Waals surface area contributed by atoms with Gasteiger partial charge in [0.1, 0.15) is 5.65 Å². The van der Waals surface area contributed by atoms with Crippen LogP contribution in [0, 0.1) is 0 Å². The third kappa shape index (κ3) is 5.49. The molecule has 214 valence electrons. The van der Waals surface area contributed by atoms with Crippen molar-refractivity contribution in [2.45, 2.75) is 6.42 Å². The Morgan fingerprint density at radius 3 is 2.23 bits per heavy atom. The Kier molecular flexibility index (Phi) is 6.92. The van der Waals surface area contributed by atoms with Crippen molar-refractivity contribution in [2.24, 2.45) is 0 Å². The van der Waals surface area contributed by atoms with E-state index >= 15 is 0 Å². The van der Waals surface area contributed by atoms with Crippen LogP contribution in [-0.2, 0) is 11.2 Å². The number of benzene rings is 4. The highest BCUT2D eigenvalue weighted by molar-refractivity contribution is 6.13. The molecule has 3 heterocycles. The highest BCUT2D eigenvalue weighted by Gasteiger charge is 2.31. The predicted octanol–water partition coefficient (Wildman–Crippen LogP) is 6.99. The maximum absolute atomic E-state index is 11.3. The van der Waals surface area contributed by atoms with Crippen LogP contribution < -0.4 is 4.90 Å². The Morgan fingerprint density at radius 2 is 1.51 bits per heavy atom. The van der Waals surface area contributed by atoms with E-state index in [1.807, 2.05) is 13.2 Å². The fourth-order valence-corrected chi connectivity index (χ4v) is 6.43. The smallest absolute Gasteiger partial charge is 0.359 e. The summed E-state index contributed by atoms with van der Waals surface area (Å²) in [5.41, 5.74) is 10.4. The molecule has 7 rings (SSSR count). The third-order valence-corrected chi connectivity index (χ3v) is 8.91. The molecule has 0 amide bonds. The summed E-state index contributed by atoms with van der Waals surface area (Å²) in [6.45, 7) is 3.55. The zero-order valence-electron chi connectivity index (χ0n) is 24.3. The van der Waals surface area contributed by atoms with Crippen LogP contribution in [0.1, 0.15) is 11.1 Å². The first-order valence-corrected chi connectivity index (χ1v) is 14.9. The average molecular weight is 568 g/mol. The van der Waals surface area contributed by atoms with Gasteiger partial charge < -0.3 is 19.5 Å². The molecule has 1 fully saturated rings. The molecule has 6 aromatic rings. The molecule has 43 heavy (non-hydrogen) atoms. The van der Waals surface area contributed by atoms with Crippen LogP contribution >= 0.6 is 0 Å². The number of hydrogen-bond acceptors (Lipinski definition) is 3. The number of aromatic amines is 1. The van der Waals surface area contributed by atoms with E-state index in [2.05, 4.69) is 118 Å². The van der Waals surface area contributed by atoms with Gasteiger partial charge in [0.05, 0.1) is 33.2 Å². The van der Waals surface area contributed by atoms with Crippen molar-refractivity contribution in [3.63, 3.8) is 0 Å². The number of fused-ring (bicyclic) bond motifs is 3. The quantitative estimate of drug-likeness (QED) is 0.204. The maximum Gasteiger partial charge on any atom is 0.359 e. The Labute approximate surface area is 251 Å². The highest BCUT2D eigenvalue weighted by Crippen LogP contribution is 2.36. The normalized spacial score (nSPS) is 14.8. The fraction of sp³-hybridized carbons (Fsp3) is 0.189. The van der Waals surface area contributed by atoms with E-state index in [4.69, 9.17) is 0 Å². The molecule has 1 aliphatic rings. The molecule has 1 aliphatic heterocycles. The molecule has 1 saturated heterocycles. The summed E-state index contributed by atoms with van der Waals surface area (Å²) in [4.78, 5) is 21.8. The number of likely N-dealkylation sites (N-methyl/N-ethyl adjacent to an activating group) is 1. The fourth-order valence-electron chi connectivity index (χ4n) is 6.43. The van der Waals surface area contributed by atoms with E-state index in [-0.39, 0.29) is 6.54 Å². The van der Waals surface area contributed by atoms with Crippen molar-refractivity contribution in [3.05, 3.63) is 120 Å². The number of quaternary nitrogens is 1. The minimum Gasteiger partial charge on any atom is -0.477 e. The lowest BCUT2D eigenvalue weighted by Crippen LogP contribution is -2.59. The second kappa shape index (κ2) is 11.0. The standard InChI is InChI=1S/C37H34N4O2/c1-41(25-35(42)43)21-19-40(20-22-41)31-14-11-28(12-15-31)30-13-16-34-33(24-30)36-32(17-18-38-37(36)39-34)29-9-7-27(8-10-29)23-26-5-3-2-4-6-26/h2-18,24H,19-23,25H2,1H3,(H-,38,39,42,43)/p+1. The molecular weight excluding hydrogens is 532 g/mol. The van der Waals surface area contributed by atoms with Gasteiger partial charge in [-0.05, 0) is 70.1 Å². The number of aromatic nitrogens is 2. The Balaban J connectivity index is 1.15. The SMILES string of the molecule is C[N+]1(CC(=O)O)CCN(c2ccc(-c3ccc4[nH]c5nccc(-c6ccc(Cc7ccccc7)cc6)c5c4c3)cc2)CC1. The van der Waals surface area contributed by atoms with Crippen molar-refractivity contribution in [2.75, 3.05) is 44.7 Å². The first kappa shape index (κ1) is 26.9. The number of nitrogens with zero attached hydrogens (tertiary/aromatic N) is 3. The summed E-state index contributed by atoms with van der Waals surface area (Å²) >= 11 is 0. The van der Waals surface area contributed by atoms with Crippen LogP contribution in [0.25, 0.3) is 44.2 Å². The number of carboxylic acids is 1. The number of nitrogens with one attached hydrogen (secondary N) is 1. The van der Waals surface area contributed by atoms with Gasteiger partial charge in [-0.2, -0.15) is 0 Å². The molecule has 0 unspecified atom stereocenters.